The molecule has 0 spiro atoms. The highest BCUT2D eigenvalue weighted by Crippen LogP contribution is 2.24. The summed E-state index contributed by atoms with van der Waals surface area (Å²) in [7, 11) is 0. The number of carbonyl (C=O) groups is 1. The molecular weight excluding hydrogens is 262 g/mol. The van der Waals surface area contributed by atoms with Gasteiger partial charge in [-0.2, -0.15) is 0 Å². The van der Waals surface area contributed by atoms with E-state index in [0.717, 1.165) is 25.1 Å². The molecule has 0 saturated carbocycles. The van der Waals surface area contributed by atoms with Crippen LogP contribution in [0.2, 0.25) is 0 Å². The summed E-state index contributed by atoms with van der Waals surface area (Å²) < 4.78 is 5.84. The van der Waals surface area contributed by atoms with Gasteiger partial charge in [0.05, 0.1) is 6.61 Å². The van der Waals surface area contributed by atoms with Gasteiger partial charge in [-0.3, -0.25) is 9.69 Å². The molecule has 3 rings (SSSR count). The Morgan fingerprint density at radius 2 is 2.29 bits per heavy atom. The molecule has 3 heteroatoms. The van der Waals surface area contributed by atoms with Gasteiger partial charge in [0.15, 0.2) is 5.78 Å². The molecule has 1 aromatic rings. The summed E-state index contributed by atoms with van der Waals surface area (Å²) >= 11 is 0. The number of fused-ring (bicyclic) bond motifs is 1. The third-order valence-corrected chi connectivity index (χ3v) is 4.54. The van der Waals surface area contributed by atoms with Crippen LogP contribution in [0.25, 0.3) is 0 Å². The molecule has 3 nitrogen and oxygen atoms in total. The summed E-state index contributed by atoms with van der Waals surface area (Å²) in [4.78, 5) is 15.1. The van der Waals surface area contributed by atoms with Crippen molar-refractivity contribution in [1.82, 2.24) is 4.90 Å². The fraction of sp³-hybridized carbons (Fsp3) is 0.611. The highest BCUT2D eigenvalue weighted by atomic mass is 16.5. The fourth-order valence-corrected chi connectivity index (χ4v) is 3.48. The van der Waals surface area contributed by atoms with Crippen LogP contribution in [-0.2, 0) is 11.2 Å². The number of morpholine rings is 1. The maximum absolute atomic E-state index is 12.7. The molecule has 2 fully saturated rings. The van der Waals surface area contributed by atoms with Crippen LogP contribution in [0.1, 0.15) is 42.6 Å². The highest BCUT2D eigenvalue weighted by Gasteiger charge is 2.35. The molecule has 0 aromatic heterocycles. The number of ketones is 1. The zero-order valence-corrected chi connectivity index (χ0v) is 13.0. The van der Waals surface area contributed by atoms with E-state index in [9.17, 15) is 4.79 Å². The van der Waals surface area contributed by atoms with Crippen molar-refractivity contribution >= 4 is 5.78 Å². The number of nitrogens with zero attached hydrogens (tertiary/aromatic N) is 1. The molecule has 2 aliphatic rings. The SMILES string of the molecule is CC(C)Cc1cccc(C(=O)C2CN3CCCC3CO2)c1. The van der Waals surface area contributed by atoms with Crippen molar-refractivity contribution in [2.45, 2.75) is 45.3 Å². The van der Waals surface area contributed by atoms with Crippen LogP contribution in [0.5, 0.6) is 0 Å². The summed E-state index contributed by atoms with van der Waals surface area (Å²) in [5.41, 5.74) is 2.04. The molecule has 2 atom stereocenters. The summed E-state index contributed by atoms with van der Waals surface area (Å²) in [6, 6.07) is 8.61. The predicted octanol–water partition coefficient (Wildman–Crippen LogP) is 2.93. The maximum atomic E-state index is 12.7. The molecule has 0 amide bonds. The van der Waals surface area contributed by atoms with Gasteiger partial charge in [0.1, 0.15) is 6.10 Å². The van der Waals surface area contributed by atoms with Crippen molar-refractivity contribution in [2.75, 3.05) is 19.7 Å². The summed E-state index contributed by atoms with van der Waals surface area (Å²) in [6.45, 7) is 6.99. The first-order chi connectivity index (χ1) is 10.1. The Kier molecular flexibility index (Phi) is 4.41. The largest absolute Gasteiger partial charge is 0.367 e. The van der Waals surface area contributed by atoms with E-state index in [-0.39, 0.29) is 11.9 Å². The van der Waals surface area contributed by atoms with E-state index in [4.69, 9.17) is 4.74 Å². The van der Waals surface area contributed by atoms with Gasteiger partial charge >= 0.3 is 0 Å². The van der Waals surface area contributed by atoms with Gasteiger partial charge in [0.25, 0.3) is 0 Å². The Balaban J connectivity index is 1.70. The van der Waals surface area contributed by atoms with Crippen LogP contribution in [0.3, 0.4) is 0 Å². The Labute approximate surface area is 127 Å². The number of hydrogen-bond donors (Lipinski definition) is 0. The molecule has 0 radical (unpaired) electrons. The molecule has 2 aliphatic heterocycles. The molecule has 21 heavy (non-hydrogen) atoms. The summed E-state index contributed by atoms with van der Waals surface area (Å²) in [5, 5.41) is 0. The molecule has 0 N–H and O–H groups in total. The number of rotatable bonds is 4. The molecule has 0 aliphatic carbocycles. The Hall–Kier alpha value is -1.19. The van der Waals surface area contributed by atoms with Crippen LogP contribution in [0, 0.1) is 5.92 Å². The van der Waals surface area contributed by atoms with Gasteiger partial charge in [0.2, 0.25) is 0 Å². The number of carbonyl (C=O) groups excluding carboxylic acids is 1. The average Bonchev–Trinajstić information content (AvgIpc) is 2.93. The van der Waals surface area contributed by atoms with Crippen molar-refractivity contribution in [1.29, 1.82) is 0 Å². The minimum Gasteiger partial charge on any atom is -0.367 e. The van der Waals surface area contributed by atoms with Gasteiger partial charge in [-0.25, -0.2) is 0 Å². The summed E-state index contributed by atoms with van der Waals surface area (Å²) in [5.74, 6) is 0.748. The van der Waals surface area contributed by atoms with Crippen LogP contribution in [0.4, 0.5) is 0 Å². The molecule has 2 heterocycles. The maximum Gasteiger partial charge on any atom is 0.192 e. The van der Waals surface area contributed by atoms with E-state index in [1.165, 1.54) is 18.4 Å². The standard InChI is InChI=1S/C18H25NO2/c1-13(2)9-14-5-3-6-15(10-14)18(20)17-11-19-8-4-7-16(19)12-21-17/h3,5-6,10,13,16-17H,4,7-9,11-12H2,1-2H3. The Bertz CT molecular complexity index is 512. The van der Waals surface area contributed by atoms with Gasteiger partial charge in [0, 0.05) is 18.2 Å². The third kappa shape index (κ3) is 3.35. The molecule has 2 saturated heterocycles. The van der Waals surface area contributed by atoms with E-state index >= 15 is 0 Å². The lowest BCUT2D eigenvalue weighted by atomic mass is 9.97. The van der Waals surface area contributed by atoms with E-state index in [1.807, 2.05) is 18.2 Å². The zero-order chi connectivity index (χ0) is 14.8. The molecular formula is C18H25NO2. The first kappa shape index (κ1) is 14.7. The average molecular weight is 287 g/mol. The predicted molar refractivity (Wildman–Crippen MR) is 83.6 cm³/mol. The molecule has 0 bridgehead atoms. The van der Waals surface area contributed by atoms with Gasteiger partial charge in [-0.15, -0.1) is 0 Å². The van der Waals surface area contributed by atoms with Gasteiger partial charge < -0.3 is 4.74 Å². The number of ether oxygens (including phenoxy) is 1. The number of Topliss-reactive ketones (excluding diaryl/α,β-unsaturated/α-hetero) is 1. The van der Waals surface area contributed by atoms with Crippen LogP contribution in [0.15, 0.2) is 24.3 Å². The van der Waals surface area contributed by atoms with Crippen molar-refractivity contribution in [3.05, 3.63) is 35.4 Å². The van der Waals surface area contributed by atoms with E-state index in [1.54, 1.807) is 0 Å². The zero-order valence-electron chi connectivity index (χ0n) is 13.0. The van der Waals surface area contributed by atoms with Crippen molar-refractivity contribution < 1.29 is 9.53 Å². The van der Waals surface area contributed by atoms with Crippen LogP contribution < -0.4 is 0 Å². The minimum atomic E-state index is -0.284. The second-order valence-electron chi connectivity index (χ2n) is 6.78. The van der Waals surface area contributed by atoms with Crippen molar-refractivity contribution in [3.8, 4) is 0 Å². The Morgan fingerprint density at radius 1 is 1.43 bits per heavy atom. The molecule has 1 aromatic carbocycles. The summed E-state index contributed by atoms with van der Waals surface area (Å²) in [6.07, 6.45) is 3.18. The van der Waals surface area contributed by atoms with Crippen molar-refractivity contribution in [3.63, 3.8) is 0 Å². The number of benzene rings is 1. The van der Waals surface area contributed by atoms with Gasteiger partial charge in [-0.1, -0.05) is 32.0 Å². The van der Waals surface area contributed by atoms with E-state index < -0.39 is 0 Å². The molecule has 2 unspecified atom stereocenters. The lowest BCUT2D eigenvalue weighted by Crippen LogP contribution is -2.49. The lowest BCUT2D eigenvalue weighted by Gasteiger charge is -2.34. The highest BCUT2D eigenvalue weighted by molar-refractivity contribution is 5.99. The quantitative estimate of drug-likeness (QED) is 0.797. The third-order valence-electron chi connectivity index (χ3n) is 4.54. The first-order valence-electron chi connectivity index (χ1n) is 8.12. The van der Waals surface area contributed by atoms with E-state index in [2.05, 4.69) is 24.8 Å². The number of hydrogen-bond acceptors (Lipinski definition) is 3. The second-order valence-corrected chi connectivity index (χ2v) is 6.78. The van der Waals surface area contributed by atoms with Crippen LogP contribution >= 0.6 is 0 Å². The smallest absolute Gasteiger partial charge is 0.192 e. The normalized spacial score (nSPS) is 26.0. The second kappa shape index (κ2) is 6.29. The first-order valence-corrected chi connectivity index (χ1v) is 8.12. The van der Waals surface area contributed by atoms with E-state index in [0.29, 0.717) is 18.6 Å². The van der Waals surface area contributed by atoms with Crippen molar-refractivity contribution in [2.24, 2.45) is 5.92 Å². The fourth-order valence-electron chi connectivity index (χ4n) is 3.48. The topological polar surface area (TPSA) is 29.5 Å². The monoisotopic (exact) mass is 287 g/mol. The van der Waals surface area contributed by atoms with Gasteiger partial charge in [-0.05, 0) is 43.4 Å². The minimum absolute atomic E-state index is 0.144. The molecule has 114 valence electrons. The Morgan fingerprint density at radius 3 is 3.10 bits per heavy atom. The lowest BCUT2D eigenvalue weighted by molar-refractivity contribution is -0.0344. The van der Waals surface area contributed by atoms with Crippen LogP contribution in [-0.4, -0.2) is 42.5 Å².